The minimum atomic E-state index is -5.10. The molecule has 2 N–H and O–H groups in total. The number of rotatable bonds is 7. The second-order valence-corrected chi connectivity index (χ2v) is 9.24. The Balaban J connectivity index is 2.33. The molecule has 0 aliphatic carbocycles. The first-order valence-corrected chi connectivity index (χ1v) is 11.6. The van der Waals surface area contributed by atoms with Crippen LogP contribution < -0.4 is 10.6 Å². The molecule has 1 amide bonds. The van der Waals surface area contributed by atoms with E-state index in [-0.39, 0.29) is 20.6 Å². The van der Waals surface area contributed by atoms with Gasteiger partial charge in [-0.15, -0.1) is 0 Å². The lowest BCUT2D eigenvalue weighted by Crippen LogP contribution is -2.40. The maximum Gasteiger partial charge on any atom is 0.417 e. The number of thiocarbonyl (C=S) groups is 1. The fourth-order valence-electron chi connectivity index (χ4n) is 2.99. The van der Waals surface area contributed by atoms with E-state index in [0.29, 0.717) is 18.2 Å². The van der Waals surface area contributed by atoms with Crippen molar-refractivity contribution in [1.82, 2.24) is 10.6 Å². The van der Waals surface area contributed by atoms with Gasteiger partial charge in [-0.25, -0.2) is 0 Å². The minimum absolute atomic E-state index is 0.178. The van der Waals surface area contributed by atoms with Crippen molar-refractivity contribution < 1.29 is 44.3 Å². The molecule has 2 rings (SSSR count). The molecule has 2 aromatic carbocycles. The molecule has 0 aliphatic heterocycles. The maximum atomic E-state index is 13.7. The Morgan fingerprint density at radius 1 is 0.921 bits per heavy atom. The van der Waals surface area contributed by atoms with Crippen LogP contribution in [0.5, 0.6) is 0 Å². The molecule has 1 unspecified atom stereocenters. The zero-order chi connectivity index (χ0) is 29.1. The van der Waals surface area contributed by atoms with Gasteiger partial charge in [-0.1, -0.05) is 65.2 Å². The molecule has 0 fully saturated rings. The van der Waals surface area contributed by atoms with Crippen LogP contribution in [0, 0.1) is 0 Å². The number of amides is 1. The molecular weight excluding hydrogens is 618 g/mol. The lowest BCUT2D eigenvalue weighted by molar-refractivity contribution is -0.139. The molecule has 208 valence electrons. The third-order valence-corrected chi connectivity index (χ3v) is 6.17. The Labute approximate surface area is 229 Å². The van der Waals surface area contributed by atoms with Crippen LogP contribution in [-0.4, -0.2) is 36.3 Å². The summed E-state index contributed by atoms with van der Waals surface area (Å²) in [6.07, 6.45) is -13.3. The number of hydrogen-bond acceptors (Lipinski definition) is 2. The van der Waals surface area contributed by atoms with E-state index in [9.17, 15) is 44.3 Å². The number of hydrogen-bond donors (Lipinski definition) is 2. The molecule has 0 radical (unpaired) electrons. The third kappa shape index (κ3) is 9.21. The van der Waals surface area contributed by atoms with Gasteiger partial charge < -0.3 is 10.6 Å². The maximum absolute atomic E-state index is 13.7. The first kappa shape index (κ1) is 32.0. The van der Waals surface area contributed by atoms with Crippen molar-refractivity contribution in [3.05, 3.63) is 73.7 Å². The van der Waals surface area contributed by atoms with Crippen LogP contribution in [0.25, 0.3) is 6.08 Å². The fourth-order valence-corrected chi connectivity index (χ4v) is 3.74. The molecule has 0 spiro atoms. The van der Waals surface area contributed by atoms with Gasteiger partial charge in [-0.3, -0.25) is 4.79 Å². The number of allylic oxidation sites excluding steroid dienone is 1. The van der Waals surface area contributed by atoms with Crippen LogP contribution >= 0.6 is 47.0 Å². The zero-order valence-electron chi connectivity index (χ0n) is 18.4. The van der Waals surface area contributed by atoms with Crippen LogP contribution in [-0.2, 0) is 6.18 Å². The fraction of sp³-hybridized carbons (Fsp3) is 0.273. The Morgan fingerprint density at radius 2 is 1.50 bits per heavy atom. The highest BCUT2D eigenvalue weighted by molar-refractivity contribution is 7.80. The summed E-state index contributed by atoms with van der Waals surface area (Å²) in [5.74, 6) is -3.64. The monoisotopic (exact) mass is 630 g/mol. The SMILES string of the molecule is O=C(NCC(=S)NCC(F)(F)F)c1ccc(C=CC(c2cc(Cl)c(Cl)c(Cl)c2)C(F)(F)F)cc1C(F)(F)F. The number of alkyl halides is 9. The topological polar surface area (TPSA) is 41.1 Å². The van der Waals surface area contributed by atoms with Crippen LogP contribution in [0.15, 0.2) is 36.4 Å². The van der Waals surface area contributed by atoms with Gasteiger partial charge in [-0.05, 0) is 35.4 Å². The predicted octanol–water partition coefficient (Wildman–Crippen LogP) is 8.23. The first-order chi connectivity index (χ1) is 17.3. The van der Waals surface area contributed by atoms with Crippen LogP contribution in [0.2, 0.25) is 15.1 Å². The van der Waals surface area contributed by atoms with E-state index in [1.54, 1.807) is 5.32 Å². The third-order valence-electron chi connectivity index (χ3n) is 4.69. The van der Waals surface area contributed by atoms with E-state index in [2.05, 4.69) is 12.2 Å². The van der Waals surface area contributed by atoms with Gasteiger partial charge >= 0.3 is 18.5 Å². The zero-order valence-corrected chi connectivity index (χ0v) is 21.5. The molecule has 0 saturated heterocycles. The van der Waals surface area contributed by atoms with Crippen molar-refractivity contribution in [1.29, 1.82) is 0 Å². The predicted molar refractivity (Wildman–Crippen MR) is 130 cm³/mol. The van der Waals surface area contributed by atoms with E-state index in [4.69, 9.17) is 34.8 Å². The van der Waals surface area contributed by atoms with Gasteiger partial charge in [0, 0.05) is 0 Å². The van der Waals surface area contributed by atoms with E-state index in [1.807, 2.05) is 5.32 Å². The summed E-state index contributed by atoms with van der Waals surface area (Å²) in [5.41, 5.74) is -3.17. The molecule has 0 bridgehead atoms. The summed E-state index contributed by atoms with van der Waals surface area (Å²) < 4.78 is 119. The normalized spacial score (nSPS) is 13.5. The van der Waals surface area contributed by atoms with Crippen LogP contribution in [0.4, 0.5) is 39.5 Å². The molecule has 38 heavy (non-hydrogen) atoms. The Morgan fingerprint density at radius 3 is 2.00 bits per heavy atom. The summed E-state index contributed by atoms with van der Waals surface area (Å²) in [6.45, 7) is -2.20. The highest BCUT2D eigenvalue weighted by Crippen LogP contribution is 2.41. The quantitative estimate of drug-likeness (QED) is 0.184. The van der Waals surface area contributed by atoms with E-state index >= 15 is 0 Å². The van der Waals surface area contributed by atoms with E-state index < -0.39 is 65.1 Å². The molecule has 0 heterocycles. The largest absolute Gasteiger partial charge is 0.417 e. The molecule has 0 aromatic heterocycles. The standard InChI is InChI=1S/C22H14Cl3F9N2OS/c23-15-6-11(7-16(24)18(15)25)13(21(29,30)31)4-2-10-1-3-12(14(5-10)22(32,33)34)19(37)35-8-17(38)36-9-20(26,27)28/h1-7,13H,8-9H2,(H,35,37)(H,36,38). The number of carbonyl (C=O) groups excluding carboxylic acids is 1. The number of carbonyl (C=O) groups is 1. The summed E-state index contributed by atoms with van der Waals surface area (Å²) in [6, 6.07) is 3.95. The van der Waals surface area contributed by atoms with Crippen molar-refractivity contribution in [2.75, 3.05) is 13.1 Å². The summed E-state index contributed by atoms with van der Waals surface area (Å²) >= 11 is 22.0. The molecule has 2 aromatic rings. The van der Waals surface area contributed by atoms with Crippen LogP contribution in [0.1, 0.15) is 33.0 Å². The number of halogens is 12. The second-order valence-electron chi connectivity index (χ2n) is 7.55. The van der Waals surface area contributed by atoms with Gasteiger partial charge in [0.2, 0.25) is 0 Å². The smallest absolute Gasteiger partial charge is 0.369 e. The van der Waals surface area contributed by atoms with Crippen molar-refractivity contribution in [2.24, 2.45) is 0 Å². The lowest BCUT2D eigenvalue weighted by atomic mass is 9.96. The van der Waals surface area contributed by atoms with E-state index in [1.165, 1.54) is 0 Å². The molecule has 3 nitrogen and oxygen atoms in total. The van der Waals surface area contributed by atoms with Crippen molar-refractivity contribution in [3.8, 4) is 0 Å². The summed E-state index contributed by atoms with van der Waals surface area (Å²) in [7, 11) is 0. The Hall–Kier alpha value is -2.22. The average Bonchev–Trinajstić information content (AvgIpc) is 2.77. The highest BCUT2D eigenvalue weighted by Gasteiger charge is 2.40. The highest BCUT2D eigenvalue weighted by atomic mass is 35.5. The Kier molecular flexibility index (Phi) is 10.4. The summed E-state index contributed by atoms with van der Waals surface area (Å²) in [4.78, 5) is 11.8. The van der Waals surface area contributed by atoms with Gasteiger partial charge in [0.05, 0.1) is 43.6 Å². The molecule has 0 saturated carbocycles. The van der Waals surface area contributed by atoms with E-state index in [0.717, 1.165) is 24.3 Å². The van der Waals surface area contributed by atoms with Gasteiger partial charge in [0.25, 0.3) is 5.91 Å². The Bertz CT molecular complexity index is 1210. The van der Waals surface area contributed by atoms with Crippen LogP contribution in [0.3, 0.4) is 0 Å². The number of nitrogens with one attached hydrogen (secondary N) is 2. The molecule has 1 atom stereocenters. The molecule has 16 heteroatoms. The number of benzene rings is 2. The lowest BCUT2D eigenvalue weighted by Gasteiger charge is -2.19. The molecule has 0 aliphatic rings. The minimum Gasteiger partial charge on any atom is -0.369 e. The molecular formula is C22H14Cl3F9N2OS. The van der Waals surface area contributed by atoms with Crippen molar-refractivity contribution in [3.63, 3.8) is 0 Å². The van der Waals surface area contributed by atoms with Gasteiger partial charge in [0.15, 0.2) is 0 Å². The average molecular weight is 632 g/mol. The second kappa shape index (κ2) is 12.3. The van der Waals surface area contributed by atoms with Crippen molar-refractivity contribution >= 4 is 64.0 Å². The van der Waals surface area contributed by atoms with Crippen molar-refractivity contribution in [2.45, 2.75) is 24.4 Å². The first-order valence-electron chi connectivity index (χ1n) is 10.0. The van der Waals surface area contributed by atoms with Gasteiger partial charge in [0.1, 0.15) is 6.54 Å². The summed E-state index contributed by atoms with van der Waals surface area (Å²) in [5, 5.41) is 3.05. The van der Waals surface area contributed by atoms with Gasteiger partial charge in [-0.2, -0.15) is 39.5 Å².